The van der Waals surface area contributed by atoms with Gasteiger partial charge in [0.1, 0.15) is 0 Å². The maximum Gasteiger partial charge on any atom is 0.221 e. The summed E-state index contributed by atoms with van der Waals surface area (Å²) in [6, 6.07) is 9.51. The molecule has 0 saturated heterocycles. The molecule has 0 aliphatic heterocycles. The number of benzene rings is 1. The number of anilines is 1. The summed E-state index contributed by atoms with van der Waals surface area (Å²) in [5, 5.41) is 2.77. The maximum atomic E-state index is 11.1. The number of carbonyl (C=O) groups is 1. The number of carbonyl (C=O) groups excluding carboxylic acids is 1. The highest BCUT2D eigenvalue weighted by molar-refractivity contribution is 9.10. The summed E-state index contributed by atoms with van der Waals surface area (Å²) >= 11 is 3.44. The number of nitrogens with zero attached hydrogens (tertiary/aromatic N) is 1. The van der Waals surface area contributed by atoms with Crippen LogP contribution in [0.5, 0.6) is 5.88 Å². The number of rotatable bonds is 4. The first-order chi connectivity index (χ1) is 9.58. The van der Waals surface area contributed by atoms with Crippen molar-refractivity contribution in [3.8, 4) is 17.0 Å². The van der Waals surface area contributed by atoms with Crippen LogP contribution >= 0.6 is 15.9 Å². The van der Waals surface area contributed by atoms with Gasteiger partial charge in [-0.1, -0.05) is 15.9 Å². The van der Waals surface area contributed by atoms with Gasteiger partial charge < -0.3 is 10.1 Å². The zero-order valence-electron chi connectivity index (χ0n) is 11.3. The zero-order chi connectivity index (χ0) is 14.5. The molecule has 0 fully saturated rings. The number of halogens is 1. The van der Waals surface area contributed by atoms with Crippen molar-refractivity contribution in [1.29, 1.82) is 0 Å². The maximum absolute atomic E-state index is 11.1. The fraction of sp³-hybridized carbons (Fsp3) is 0.200. The minimum atomic E-state index is -0.0983. The van der Waals surface area contributed by atoms with Crippen molar-refractivity contribution in [3.05, 3.63) is 41.0 Å². The van der Waals surface area contributed by atoms with Crippen molar-refractivity contribution < 1.29 is 9.53 Å². The number of ether oxygens (including phenoxy) is 1. The molecule has 1 N–H and O–H groups in total. The molecule has 0 aliphatic carbocycles. The number of pyridine rings is 1. The van der Waals surface area contributed by atoms with Crippen LogP contribution in [-0.2, 0) is 4.79 Å². The van der Waals surface area contributed by atoms with Crippen molar-refractivity contribution in [1.82, 2.24) is 4.98 Å². The number of hydrogen-bond donors (Lipinski definition) is 1. The second-order valence-electron chi connectivity index (χ2n) is 4.23. The summed E-state index contributed by atoms with van der Waals surface area (Å²) in [7, 11) is 0. The summed E-state index contributed by atoms with van der Waals surface area (Å²) in [4.78, 5) is 15.4. The third-order valence-electron chi connectivity index (χ3n) is 2.58. The molecule has 1 heterocycles. The normalized spacial score (nSPS) is 10.2. The Morgan fingerprint density at radius 1 is 1.30 bits per heavy atom. The van der Waals surface area contributed by atoms with E-state index in [0.29, 0.717) is 12.5 Å². The van der Waals surface area contributed by atoms with Gasteiger partial charge in [-0.15, -0.1) is 0 Å². The summed E-state index contributed by atoms with van der Waals surface area (Å²) in [6.07, 6.45) is 1.75. The predicted molar refractivity (Wildman–Crippen MR) is 82.8 cm³/mol. The lowest BCUT2D eigenvalue weighted by molar-refractivity contribution is -0.114. The number of amides is 1. The minimum Gasteiger partial charge on any atom is -0.478 e. The molecule has 4 nitrogen and oxygen atoms in total. The van der Waals surface area contributed by atoms with E-state index >= 15 is 0 Å². The highest BCUT2D eigenvalue weighted by Crippen LogP contribution is 2.28. The van der Waals surface area contributed by atoms with Crippen LogP contribution < -0.4 is 10.1 Å². The summed E-state index contributed by atoms with van der Waals surface area (Å²) in [6.45, 7) is 4.00. The molecule has 0 bridgehead atoms. The fourth-order valence-corrected chi connectivity index (χ4v) is 2.31. The number of aromatic nitrogens is 1. The van der Waals surface area contributed by atoms with Crippen LogP contribution in [0, 0.1) is 0 Å². The number of hydrogen-bond acceptors (Lipinski definition) is 3. The van der Waals surface area contributed by atoms with Crippen LogP contribution in [0.2, 0.25) is 0 Å². The molecule has 2 aromatic rings. The Morgan fingerprint density at radius 3 is 2.70 bits per heavy atom. The van der Waals surface area contributed by atoms with Gasteiger partial charge in [-0.25, -0.2) is 4.98 Å². The van der Waals surface area contributed by atoms with Crippen LogP contribution in [0.4, 0.5) is 5.69 Å². The monoisotopic (exact) mass is 334 g/mol. The molecule has 0 spiro atoms. The molecule has 104 valence electrons. The molecule has 0 unspecified atom stereocenters. The lowest BCUT2D eigenvalue weighted by Crippen LogP contribution is -2.05. The third kappa shape index (κ3) is 3.81. The fourth-order valence-electron chi connectivity index (χ4n) is 1.82. The molecule has 2 rings (SSSR count). The molecule has 0 radical (unpaired) electrons. The SMILES string of the molecule is CCOc1ccc(-c2cc(Br)cc(NC(C)=O)c2)cn1. The van der Waals surface area contributed by atoms with Crippen LogP contribution in [-0.4, -0.2) is 17.5 Å². The molecular formula is C15H15BrN2O2. The van der Waals surface area contributed by atoms with Gasteiger partial charge in [0, 0.05) is 34.9 Å². The first-order valence-electron chi connectivity index (χ1n) is 6.26. The van der Waals surface area contributed by atoms with Crippen molar-refractivity contribution in [2.75, 3.05) is 11.9 Å². The second-order valence-corrected chi connectivity index (χ2v) is 5.14. The van der Waals surface area contributed by atoms with E-state index in [0.717, 1.165) is 21.3 Å². The highest BCUT2D eigenvalue weighted by Gasteiger charge is 2.04. The van der Waals surface area contributed by atoms with E-state index in [9.17, 15) is 4.79 Å². The molecule has 0 aliphatic rings. The lowest BCUT2D eigenvalue weighted by Gasteiger charge is -2.08. The molecular weight excluding hydrogens is 320 g/mol. The highest BCUT2D eigenvalue weighted by atomic mass is 79.9. The summed E-state index contributed by atoms with van der Waals surface area (Å²) < 4.78 is 6.22. The largest absolute Gasteiger partial charge is 0.478 e. The average molecular weight is 335 g/mol. The van der Waals surface area contributed by atoms with Gasteiger partial charge in [-0.2, -0.15) is 0 Å². The summed E-state index contributed by atoms with van der Waals surface area (Å²) in [5.41, 5.74) is 2.68. The van der Waals surface area contributed by atoms with Crippen LogP contribution in [0.25, 0.3) is 11.1 Å². The zero-order valence-corrected chi connectivity index (χ0v) is 12.9. The lowest BCUT2D eigenvalue weighted by atomic mass is 10.1. The van der Waals surface area contributed by atoms with E-state index in [1.807, 2.05) is 37.3 Å². The van der Waals surface area contributed by atoms with E-state index in [-0.39, 0.29) is 5.91 Å². The van der Waals surface area contributed by atoms with Gasteiger partial charge in [0.2, 0.25) is 11.8 Å². The summed E-state index contributed by atoms with van der Waals surface area (Å²) in [5.74, 6) is 0.507. The van der Waals surface area contributed by atoms with Crippen molar-refractivity contribution in [2.45, 2.75) is 13.8 Å². The Hall–Kier alpha value is -1.88. The van der Waals surface area contributed by atoms with E-state index in [1.54, 1.807) is 6.20 Å². The predicted octanol–water partition coefficient (Wildman–Crippen LogP) is 3.87. The molecule has 0 saturated carbocycles. The molecule has 5 heteroatoms. The van der Waals surface area contributed by atoms with E-state index in [2.05, 4.69) is 26.2 Å². The Kier molecular flexibility index (Phi) is 4.74. The van der Waals surface area contributed by atoms with Gasteiger partial charge in [0.25, 0.3) is 0 Å². The van der Waals surface area contributed by atoms with Crippen LogP contribution in [0.15, 0.2) is 41.0 Å². The topological polar surface area (TPSA) is 51.2 Å². The van der Waals surface area contributed by atoms with Gasteiger partial charge in [-0.05, 0) is 36.8 Å². The Labute approximate surface area is 126 Å². The van der Waals surface area contributed by atoms with Crippen LogP contribution in [0.1, 0.15) is 13.8 Å². The molecule has 0 atom stereocenters. The van der Waals surface area contributed by atoms with Crippen LogP contribution in [0.3, 0.4) is 0 Å². The van der Waals surface area contributed by atoms with Crippen molar-refractivity contribution in [2.24, 2.45) is 0 Å². The Bertz CT molecular complexity index is 612. The van der Waals surface area contributed by atoms with Gasteiger partial charge >= 0.3 is 0 Å². The first-order valence-corrected chi connectivity index (χ1v) is 7.05. The van der Waals surface area contributed by atoms with E-state index in [4.69, 9.17) is 4.74 Å². The smallest absolute Gasteiger partial charge is 0.221 e. The third-order valence-corrected chi connectivity index (χ3v) is 3.04. The second kappa shape index (κ2) is 6.52. The molecule has 1 aromatic heterocycles. The standard InChI is InChI=1S/C15H15BrN2O2/c1-3-20-15-5-4-11(9-17-15)12-6-13(16)8-14(7-12)18-10(2)19/h4-9H,3H2,1-2H3,(H,18,19). The van der Waals surface area contributed by atoms with Gasteiger partial charge in [-0.3, -0.25) is 4.79 Å². The Balaban J connectivity index is 2.31. The minimum absolute atomic E-state index is 0.0983. The van der Waals surface area contributed by atoms with Crippen molar-refractivity contribution >= 4 is 27.5 Å². The van der Waals surface area contributed by atoms with Gasteiger partial charge in [0.15, 0.2) is 0 Å². The first kappa shape index (κ1) is 14.5. The number of nitrogens with one attached hydrogen (secondary N) is 1. The average Bonchev–Trinajstić information content (AvgIpc) is 2.38. The van der Waals surface area contributed by atoms with Gasteiger partial charge in [0.05, 0.1) is 6.61 Å². The quantitative estimate of drug-likeness (QED) is 0.923. The van der Waals surface area contributed by atoms with E-state index in [1.165, 1.54) is 6.92 Å². The Morgan fingerprint density at radius 2 is 2.10 bits per heavy atom. The molecule has 1 aromatic carbocycles. The van der Waals surface area contributed by atoms with E-state index < -0.39 is 0 Å². The molecule has 20 heavy (non-hydrogen) atoms. The van der Waals surface area contributed by atoms with Crippen molar-refractivity contribution in [3.63, 3.8) is 0 Å². The molecule has 1 amide bonds.